The smallest absolute Gasteiger partial charge is 0.306 e. The van der Waals surface area contributed by atoms with Crippen LogP contribution in [0.5, 0.6) is 0 Å². The summed E-state index contributed by atoms with van der Waals surface area (Å²) < 4.78 is 34.4. The van der Waals surface area contributed by atoms with Gasteiger partial charge in [-0.3, -0.25) is 14.2 Å². The first-order valence-corrected chi connectivity index (χ1v) is 37.7. The molecule has 2 atom stereocenters. The van der Waals surface area contributed by atoms with Crippen LogP contribution in [0.4, 0.5) is 0 Å². The van der Waals surface area contributed by atoms with E-state index in [0.29, 0.717) is 17.4 Å². The number of carbonyl (C=O) groups excluding carboxylic acids is 2. The number of phosphoric acid groups is 1. The lowest BCUT2D eigenvalue weighted by Gasteiger charge is -2.28. The summed E-state index contributed by atoms with van der Waals surface area (Å²) in [6.45, 7) is 4.34. The van der Waals surface area contributed by atoms with Gasteiger partial charge in [-0.1, -0.05) is 367 Å². The second-order valence-electron chi connectivity index (χ2n) is 26.3. The van der Waals surface area contributed by atoms with Crippen molar-refractivity contribution >= 4 is 19.8 Å². The molecule has 0 spiro atoms. The summed E-state index contributed by atoms with van der Waals surface area (Å²) in [6, 6.07) is 0. The van der Waals surface area contributed by atoms with Crippen LogP contribution in [0.3, 0.4) is 0 Å². The monoisotopic (exact) mass is 1170 g/mol. The molecule has 0 bridgehead atoms. The largest absolute Gasteiger partial charge is 0.756 e. The standard InChI is InChI=1S/C71H142NO8P/c1-6-8-10-12-14-16-18-20-22-24-26-28-30-32-34-35-36-37-38-40-42-44-46-48-50-52-54-56-58-60-62-64-71(74)80-69(68-79-81(75,76)78-66-65-72(3,4)5)67-77-70(73)63-61-59-57-55-53-51-49-47-45-43-41-39-33-31-29-27-25-23-21-19-17-15-13-11-9-7-2/h69H,6-68H2,1-5H3. The molecule has 0 saturated heterocycles. The van der Waals surface area contributed by atoms with Gasteiger partial charge in [0.05, 0.1) is 27.7 Å². The van der Waals surface area contributed by atoms with Crippen molar-refractivity contribution in [2.75, 3.05) is 47.5 Å². The van der Waals surface area contributed by atoms with Crippen LogP contribution in [0.2, 0.25) is 0 Å². The Morgan fingerprint density at radius 2 is 0.556 bits per heavy atom. The molecule has 9 nitrogen and oxygen atoms in total. The zero-order valence-corrected chi connectivity index (χ0v) is 56.2. The first kappa shape index (κ1) is 80.0. The van der Waals surface area contributed by atoms with Gasteiger partial charge in [0.15, 0.2) is 6.10 Å². The van der Waals surface area contributed by atoms with Gasteiger partial charge in [0.25, 0.3) is 7.82 Å². The maximum absolute atomic E-state index is 12.9. The minimum atomic E-state index is -4.63. The summed E-state index contributed by atoms with van der Waals surface area (Å²) in [7, 11) is 1.20. The van der Waals surface area contributed by atoms with E-state index in [2.05, 4.69) is 13.8 Å². The van der Waals surface area contributed by atoms with E-state index >= 15 is 0 Å². The normalized spacial score (nSPS) is 13.0. The Hall–Kier alpha value is -0.990. The molecule has 0 aromatic carbocycles. The molecule has 0 rings (SSSR count). The molecule has 0 radical (unpaired) electrons. The third kappa shape index (κ3) is 68.0. The fraction of sp³-hybridized carbons (Fsp3) is 0.972. The molecular formula is C71H142NO8P. The molecule has 0 saturated carbocycles. The van der Waals surface area contributed by atoms with Crippen LogP contribution in [0.1, 0.15) is 393 Å². The maximum atomic E-state index is 12.9. The molecule has 0 fully saturated rings. The summed E-state index contributed by atoms with van der Waals surface area (Å²) >= 11 is 0. The maximum Gasteiger partial charge on any atom is 0.306 e. The van der Waals surface area contributed by atoms with E-state index in [-0.39, 0.29) is 32.0 Å². The van der Waals surface area contributed by atoms with Crippen LogP contribution in [-0.4, -0.2) is 70.0 Å². The van der Waals surface area contributed by atoms with Crippen LogP contribution in [0.25, 0.3) is 0 Å². The number of ether oxygens (including phenoxy) is 2. The van der Waals surface area contributed by atoms with Crippen molar-refractivity contribution in [1.82, 2.24) is 0 Å². The number of rotatable bonds is 69. The van der Waals surface area contributed by atoms with Gasteiger partial charge in [-0.2, -0.15) is 0 Å². The van der Waals surface area contributed by atoms with Gasteiger partial charge in [-0.25, -0.2) is 0 Å². The molecule has 484 valence electrons. The Balaban J connectivity index is 3.95. The first-order chi connectivity index (χ1) is 39.5. The Morgan fingerprint density at radius 1 is 0.333 bits per heavy atom. The fourth-order valence-corrected chi connectivity index (χ4v) is 12.0. The minimum Gasteiger partial charge on any atom is -0.756 e. The molecule has 0 aromatic heterocycles. The van der Waals surface area contributed by atoms with E-state index in [1.165, 1.54) is 327 Å². The summed E-state index contributed by atoms with van der Waals surface area (Å²) in [5, 5.41) is 0. The highest BCUT2D eigenvalue weighted by Crippen LogP contribution is 2.38. The zero-order chi connectivity index (χ0) is 59.1. The van der Waals surface area contributed by atoms with Gasteiger partial charge in [-0.15, -0.1) is 0 Å². The lowest BCUT2D eigenvalue weighted by atomic mass is 10.0. The molecule has 0 aliphatic rings. The summed E-state index contributed by atoms with van der Waals surface area (Å²) in [5.74, 6) is -0.803. The first-order valence-electron chi connectivity index (χ1n) is 36.2. The molecule has 2 unspecified atom stereocenters. The number of quaternary nitrogens is 1. The molecule has 0 heterocycles. The lowest BCUT2D eigenvalue weighted by molar-refractivity contribution is -0.870. The number of hydrogen-bond donors (Lipinski definition) is 0. The number of esters is 2. The van der Waals surface area contributed by atoms with Crippen molar-refractivity contribution in [2.45, 2.75) is 399 Å². The SMILES string of the molecule is CCCCCCCCCCCCCCCCCCCCCCCCCCCCCCCCCC(=O)OC(COC(=O)CCCCCCCCCCCCCCCCCCCCCCCCCCCC)COP(=O)([O-])OCC[N+](C)(C)C. The number of hydrogen-bond acceptors (Lipinski definition) is 8. The van der Waals surface area contributed by atoms with Crippen molar-refractivity contribution in [2.24, 2.45) is 0 Å². The van der Waals surface area contributed by atoms with Gasteiger partial charge in [0.1, 0.15) is 19.8 Å². The predicted octanol–water partition coefficient (Wildman–Crippen LogP) is 22.7. The van der Waals surface area contributed by atoms with E-state index in [4.69, 9.17) is 18.5 Å². The van der Waals surface area contributed by atoms with Crippen LogP contribution in [0, 0.1) is 0 Å². The van der Waals surface area contributed by atoms with Crippen molar-refractivity contribution in [3.63, 3.8) is 0 Å². The lowest BCUT2D eigenvalue weighted by Crippen LogP contribution is -2.37. The highest BCUT2D eigenvalue weighted by Gasteiger charge is 2.22. The second-order valence-corrected chi connectivity index (χ2v) is 27.7. The van der Waals surface area contributed by atoms with E-state index in [1.807, 2.05) is 21.1 Å². The number of likely N-dealkylation sites (N-methyl/N-ethyl adjacent to an activating group) is 1. The Morgan fingerprint density at radius 3 is 0.790 bits per heavy atom. The van der Waals surface area contributed by atoms with Crippen LogP contribution < -0.4 is 4.89 Å². The Kier molecular flexibility index (Phi) is 62.7. The number of phosphoric ester groups is 1. The van der Waals surface area contributed by atoms with E-state index < -0.39 is 26.5 Å². The molecular weight excluding hydrogens is 1030 g/mol. The van der Waals surface area contributed by atoms with Gasteiger partial charge in [0, 0.05) is 12.8 Å². The van der Waals surface area contributed by atoms with Gasteiger partial charge in [0.2, 0.25) is 0 Å². The van der Waals surface area contributed by atoms with Crippen LogP contribution in [0.15, 0.2) is 0 Å². The summed E-state index contributed by atoms with van der Waals surface area (Å²) in [6.07, 6.45) is 76.3. The van der Waals surface area contributed by atoms with E-state index in [1.54, 1.807) is 0 Å². The highest BCUT2D eigenvalue weighted by atomic mass is 31.2. The average Bonchev–Trinajstić information content (AvgIpc) is 3.43. The molecule has 0 N–H and O–H groups in total. The van der Waals surface area contributed by atoms with E-state index in [0.717, 1.165) is 32.1 Å². The predicted molar refractivity (Wildman–Crippen MR) is 347 cm³/mol. The van der Waals surface area contributed by atoms with Crippen molar-refractivity contribution in [3.8, 4) is 0 Å². The van der Waals surface area contributed by atoms with Crippen molar-refractivity contribution < 1.29 is 42.1 Å². The minimum absolute atomic E-state index is 0.0248. The van der Waals surface area contributed by atoms with Crippen LogP contribution in [-0.2, 0) is 32.7 Å². The second kappa shape index (κ2) is 63.5. The Bertz CT molecular complexity index is 1330. The molecule has 0 amide bonds. The molecule has 81 heavy (non-hydrogen) atoms. The van der Waals surface area contributed by atoms with Gasteiger partial charge in [-0.05, 0) is 12.8 Å². The average molecular weight is 1170 g/mol. The number of unbranched alkanes of at least 4 members (excludes halogenated alkanes) is 55. The van der Waals surface area contributed by atoms with Crippen LogP contribution >= 0.6 is 7.82 Å². The van der Waals surface area contributed by atoms with Gasteiger partial charge >= 0.3 is 11.9 Å². The molecule has 0 aliphatic carbocycles. The van der Waals surface area contributed by atoms with Crippen molar-refractivity contribution in [3.05, 3.63) is 0 Å². The third-order valence-corrected chi connectivity index (χ3v) is 17.8. The third-order valence-electron chi connectivity index (χ3n) is 16.9. The highest BCUT2D eigenvalue weighted by molar-refractivity contribution is 7.45. The molecule has 0 aliphatic heterocycles. The number of nitrogens with zero attached hydrogens (tertiary/aromatic N) is 1. The fourth-order valence-electron chi connectivity index (χ4n) is 11.3. The van der Waals surface area contributed by atoms with Crippen molar-refractivity contribution in [1.29, 1.82) is 0 Å². The van der Waals surface area contributed by atoms with Gasteiger partial charge < -0.3 is 27.9 Å². The molecule has 0 aromatic rings. The summed E-state index contributed by atoms with van der Waals surface area (Å²) in [4.78, 5) is 38.1. The zero-order valence-electron chi connectivity index (χ0n) is 55.3. The quantitative estimate of drug-likeness (QED) is 0.0256. The topological polar surface area (TPSA) is 111 Å². The summed E-state index contributed by atoms with van der Waals surface area (Å²) in [5.41, 5.74) is 0. The molecule has 10 heteroatoms. The van der Waals surface area contributed by atoms with E-state index in [9.17, 15) is 19.0 Å². The Labute approximate surface area is 505 Å². The number of carbonyl (C=O) groups is 2.